The summed E-state index contributed by atoms with van der Waals surface area (Å²) in [5.41, 5.74) is 1.48. The lowest BCUT2D eigenvalue weighted by Crippen LogP contribution is -2.53. The summed E-state index contributed by atoms with van der Waals surface area (Å²) >= 11 is 0. The van der Waals surface area contributed by atoms with Gasteiger partial charge < -0.3 is 5.32 Å². The molecule has 3 nitrogen and oxygen atoms in total. The van der Waals surface area contributed by atoms with Crippen molar-refractivity contribution in [2.75, 3.05) is 19.6 Å². The van der Waals surface area contributed by atoms with Gasteiger partial charge in [0.05, 0.1) is 6.04 Å². The van der Waals surface area contributed by atoms with E-state index in [4.69, 9.17) is 0 Å². The fourth-order valence-corrected chi connectivity index (χ4v) is 3.29. The first-order valence-electron chi connectivity index (χ1n) is 7.60. The van der Waals surface area contributed by atoms with Gasteiger partial charge in [-0.2, -0.15) is 0 Å². The first kappa shape index (κ1) is 14.5. The van der Waals surface area contributed by atoms with E-state index in [9.17, 15) is 0 Å². The van der Waals surface area contributed by atoms with Crippen molar-refractivity contribution in [1.29, 1.82) is 0 Å². The molecule has 0 saturated carbocycles. The molecule has 0 bridgehead atoms. The number of pyridine rings is 1. The molecule has 2 heterocycles. The van der Waals surface area contributed by atoms with Crippen LogP contribution >= 0.6 is 0 Å². The summed E-state index contributed by atoms with van der Waals surface area (Å²) in [6, 6.07) is 4.60. The maximum Gasteiger partial charge on any atom is 0.0519 e. The number of nitrogens with zero attached hydrogens (tertiary/aromatic N) is 2. The maximum atomic E-state index is 4.30. The molecule has 0 spiro atoms. The Morgan fingerprint density at radius 2 is 2.11 bits per heavy atom. The van der Waals surface area contributed by atoms with E-state index in [1.54, 1.807) is 0 Å². The van der Waals surface area contributed by atoms with Crippen molar-refractivity contribution in [2.24, 2.45) is 0 Å². The van der Waals surface area contributed by atoms with Crippen LogP contribution in [-0.4, -0.2) is 35.1 Å². The zero-order valence-electron chi connectivity index (χ0n) is 12.5. The molecule has 1 aromatic heterocycles. The van der Waals surface area contributed by atoms with Crippen molar-refractivity contribution in [1.82, 2.24) is 15.2 Å². The molecule has 2 unspecified atom stereocenters. The highest BCUT2D eigenvalue weighted by molar-refractivity contribution is 5.20. The smallest absolute Gasteiger partial charge is 0.0519 e. The van der Waals surface area contributed by atoms with Crippen LogP contribution < -0.4 is 5.32 Å². The Morgan fingerprint density at radius 1 is 1.37 bits per heavy atom. The van der Waals surface area contributed by atoms with Crippen molar-refractivity contribution >= 4 is 0 Å². The predicted molar refractivity (Wildman–Crippen MR) is 80.2 cm³/mol. The number of hydrogen-bond acceptors (Lipinski definition) is 3. The summed E-state index contributed by atoms with van der Waals surface area (Å²) in [6.45, 7) is 10.3. The lowest BCUT2D eigenvalue weighted by Gasteiger charge is -2.45. The van der Waals surface area contributed by atoms with Gasteiger partial charge in [-0.25, -0.2) is 0 Å². The number of hydrogen-bond donors (Lipinski definition) is 1. The van der Waals surface area contributed by atoms with E-state index in [2.05, 4.69) is 42.0 Å². The Balaban J connectivity index is 2.29. The minimum absolute atomic E-state index is 0.176. The van der Waals surface area contributed by atoms with Crippen molar-refractivity contribution in [3.05, 3.63) is 30.1 Å². The molecule has 2 rings (SSSR count). The molecule has 0 radical (unpaired) electrons. The highest BCUT2D eigenvalue weighted by Gasteiger charge is 2.39. The second kappa shape index (κ2) is 6.49. The largest absolute Gasteiger partial charge is 0.309 e. The van der Waals surface area contributed by atoms with Gasteiger partial charge >= 0.3 is 0 Å². The van der Waals surface area contributed by atoms with E-state index in [0.717, 1.165) is 13.0 Å². The zero-order chi connectivity index (χ0) is 13.7. The van der Waals surface area contributed by atoms with Gasteiger partial charge in [0.15, 0.2) is 0 Å². The summed E-state index contributed by atoms with van der Waals surface area (Å²) in [6.07, 6.45) is 7.69. The minimum atomic E-state index is 0.176. The normalized spacial score (nSPS) is 21.2. The van der Waals surface area contributed by atoms with Crippen LogP contribution in [0.25, 0.3) is 0 Å². The van der Waals surface area contributed by atoms with E-state index in [1.165, 1.54) is 31.5 Å². The molecule has 1 aliphatic rings. The van der Waals surface area contributed by atoms with Gasteiger partial charge in [-0.05, 0) is 57.5 Å². The summed E-state index contributed by atoms with van der Waals surface area (Å²) < 4.78 is 0. The SMILES string of the molecule is CCNC(c1cccnc1)C(C)(CC)N1CCCC1. The highest BCUT2D eigenvalue weighted by Crippen LogP contribution is 2.36. The molecule has 0 amide bonds. The molecule has 1 aliphatic heterocycles. The third-order valence-electron chi connectivity index (χ3n) is 4.59. The number of aromatic nitrogens is 1. The van der Waals surface area contributed by atoms with Crippen molar-refractivity contribution < 1.29 is 0 Å². The standard InChI is InChI=1S/C16H27N3/c1-4-16(3,19-11-6-7-12-19)15(18-5-2)14-9-8-10-17-13-14/h8-10,13,15,18H,4-7,11-12H2,1-3H3. The van der Waals surface area contributed by atoms with Gasteiger partial charge in [-0.1, -0.05) is 19.9 Å². The molecule has 19 heavy (non-hydrogen) atoms. The number of nitrogens with one attached hydrogen (secondary N) is 1. The lowest BCUT2D eigenvalue weighted by molar-refractivity contribution is 0.0845. The second-order valence-electron chi connectivity index (χ2n) is 5.68. The molecular weight excluding hydrogens is 234 g/mol. The molecule has 3 heteroatoms. The van der Waals surface area contributed by atoms with E-state index < -0.39 is 0 Å². The molecular formula is C16H27N3. The van der Waals surface area contributed by atoms with Gasteiger partial charge in [-0.3, -0.25) is 9.88 Å². The third kappa shape index (κ3) is 2.98. The topological polar surface area (TPSA) is 28.2 Å². The van der Waals surface area contributed by atoms with Crippen LogP contribution in [0, 0.1) is 0 Å². The van der Waals surface area contributed by atoms with Gasteiger partial charge in [-0.15, -0.1) is 0 Å². The maximum absolute atomic E-state index is 4.30. The van der Waals surface area contributed by atoms with Gasteiger partial charge in [0, 0.05) is 17.9 Å². The average molecular weight is 261 g/mol. The number of rotatable bonds is 6. The predicted octanol–water partition coefficient (Wildman–Crippen LogP) is 3.00. The van der Waals surface area contributed by atoms with Crippen molar-refractivity contribution in [3.8, 4) is 0 Å². The number of likely N-dealkylation sites (tertiary alicyclic amines) is 1. The average Bonchev–Trinajstić information content (AvgIpc) is 2.99. The zero-order valence-corrected chi connectivity index (χ0v) is 12.5. The summed E-state index contributed by atoms with van der Waals surface area (Å²) in [4.78, 5) is 6.96. The lowest BCUT2D eigenvalue weighted by atomic mass is 9.83. The molecule has 1 saturated heterocycles. The fraction of sp³-hybridized carbons (Fsp3) is 0.688. The van der Waals surface area contributed by atoms with Gasteiger partial charge in [0.1, 0.15) is 0 Å². The fourth-order valence-electron chi connectivity index (χ4n) is 3.29. The molecule has 1 aromatic rings. The number of likely N-dealkylation sites (N-methyl/N-ethyl adjacent to an activating group) is 1. The minimum Gasteiger partial charge on any atom is -0.309 e. The van der Waals surface area contributed by atoms with Crippen LogP contribution in [0.2, 0.25) is 0 Å². The van der Waals surface area contributed by atoms with E-state index in [-0.39, 0.29) is 5.54 Å². The van der Waals surface area contributed by atoms with Crippen LogP contribution in [0.5, 0.6) is 0 Å². The Kier molecular flexibility index (Phi) is 4.94. The van der Waals surface area contributed by atoms with E-state index in [0.29, 0.717) is 6.04 Å². The van der Waals surface area contributed by atoms with Crippen molar-refractivity contribution in [2.45, 2.75) is 51.6 Å². The Morgan fingerprint density at radius 3 is 2.63 bits per heavy atom. The van der Waals surface area contributed by atoms with E-state index >= 15 is 0 Å². The first-order valence-corrected chi connectivity index (χ1v) is 7.60. The molecule has 1 N–H and O–H groups in total. The second-order valence-corrected chi connectivity index (χ2v) is 5.68. The molecule has 0 aliphatic carbocycles. The van der Waals surface area contributed by atoms with Crippen molar-refractivity contribution in [3.63, 3.8) is 0 Å². The molecule has 106 valence electrons. The van der Waals surface area contributed by atoms with Crippen LogP contribution in [-0.2, 0) is 0 Å². The Bertz CT molecular complexity index is 373. The van der Waals surface area contributed by atoms with Crippen LogP contribution in [0.3, 0.4) is 0 Å². The summed E-state index contributed by atoms with van der Waals surface area (Å²) in [7, 11) is 0. The van der Waals surface area contributed by atoms with Gasteiger partial charge in [0.2, 0.25) is 0 Å². The van der Waals surface area contributed by atoms with Crippen LogP contribution in [0.1, 0.15) is 51.6 Å². The Labute approximate surface area is 117 Å². The summed E-state index contributed by atoms with van der Waals surface area (Å²) in [5, 5.41) is 3.69. The monoisotopic (exact) mass is 261 g/mol. The highest BCUT2D eigenvalue weighted by atomic mass is 15.2. The van der Waals surface area contributed by atoms with E-state index in [1.807, 2.05) is 18.5 Å². The molecule has 1 fully saturated rings. The quantitative estimate of drug-likeness (QED) is 0.853. The third-order valence-corrected chi connectivity index (χ3v) is 4.59. The first-order chi connectivity index (χ1) is 9.22. The molecule has 2 atom stereocenters. The van der Waals surface area contributed by atoms with Gasteiger partial charge in [0.25, 0.3) is 0 Å². The van der Waals surface area contributed by atoms with Crippen LogP contribution in [0.4, 0.5) is 0 Å². The Hall–Kier alpha value is -0.930. The summed E-state index contributed by atoms with van der Waals surface area (Å²) in [5.74, 6) is 0. The van der Waals surface area contributed by atoms with Crippen LogP contribution in [0.15, 0.2) is 24.5 Å². The molecule has 0 aromatic carbocycles.